The van der Waals surface area contributed by atoms with Crippen molar-refractivity contribution < 1.29 is 13.9 Å². The number of thiazole rings is 1. The molecule has 1 N–H and O–H groups in total. The molecule has 1 aromatic carbocycles. The average Bonchev–Trinajstić information content (AvgIpc) is 3.54. The molecule has 9 nitrogen and oxygen atoms in total. The number of hydrogen-bond acceptors (Lipinski definition) is 8. The van der Waals surface area contributed by atoms with E-state index in [1.54, 1.807) is 0 Å². The van der Waals surface area contributed by atoms with Crippen LogP contribution in [0.25, 0.3) is 26.1 Å². The van der Waals surface area contributed by atoms with Crippen molar-refractivity contribution in [3.05, 3.63) is 51.9 Å². The molecule has 2 aliphatic heterocycles. The fourth-order valence-electron chi connectivity index (χ4n) is 5.45. The number of rotatable bonds is 6. The Morgan fingerprint density at radius 1 is 1.24 bits per heavy atom. The van der Waals surface area contributed by atoms with Crippen LogP contribution in [0.5, 0.6) is 0 Å². The van der Waals surface area contributed by atoms with Gasteiger partial charge in [-0.25, -0.2) is 9.37 Å². The quantitative estimate of drug-likeness (QED) is 0.404. The van der Waals surface area contributed by atoms with Gasteiger partial charge >= 0.3 is 0 Å². The highest BCUT2D eigenvalue weighted by atomic mass is 32.1. The zero-order valence-electron chi connectivity index (χ0n) is 21.6. The summed E-state index contributed by atoms with van der Waals surface area (Å²) in [5.41, 5.74) is 0.712. The molecule has 6 rings (SSSR count). The lowest BCUT2D eigenvalue weighted by Gasteiger charge is -2.28. The van der Waals surface area contributed by atoms with Gasteiger partial charge in [-0.05, 0) is 45.3 Å². The number of nitrogens with zero attached hydrogens (tertiary/aromatic N) is 5. The zero-order chi connectivity index (χ0) is 26.4. The van der Waals surface area contributed by atoms with Crippen molar-refractivity contribution in [3.63, 3.8) is 0 Å². The number of carbonyl (C=O) groups is 1. The fourth-order valence-corrected chi connectivity index (χ4v) is 6.63. The summed E-state index contributed by atoms with van der Waals surface area (Å²) in [5, 5.41) is 3.05. The van der Waals surface area contributed by atoms with E-state index in [-0.39, 0.29) is 16.8 Å². The Morgan fingerprint density at radius 3 is 2.79 bits per heavy atom. The number of carbonyl (C=O) groups excluding carboxylic acids is 1. The molecule has 0 aliphatic carbocycles. The number of hydrogen-bond donors (Lipinski definition) is 1. The van der Waals surface area contributed by atoms with Crippen molar-refractivity contribution in [2.45, 2.75) is 12.5 Å². The van der Waals surface area contributed by atoms with E-state index < -0.39 is 17.2 Å². The summed E-state index contributed by atoms with van der Waals surface area (Å²) >= 11 is 1.37. The lowest BCUT2D eigenvalue weighted by molar-refractivity contribution is 0.0950. The summed E-state index contributed by atoms with van der Waals surface area (Å²) in [7, 11) is 4.17. The maximum absolute atomic E-state index is 15.3. The van der Waals surface area contributed by atoms with E-state index in [1.807, 2.05) is 33.6 Å². The number of likely N-dealkylation sites (N-methyl/N-ethyl adjacent to an activating group) is 1. The highest BCUT2D eigenvalue weighted by Crippen LogP contribution is 2.32. The minimum atomic E-state index is -0.577. The molecular weight excluding hydrogens is 507 g/mol. The second kappa shape index (κ2) is 10.2. The SMILES string of the molecule is CN(C)C1CCN(CCNC(=O)c2c(=O)c3cc(F)c(N4CCOCC4)nc3n3c2sc2ccccc23)C1. The molecule has 1 atom stereocenters. The normalized spacial score (nSPS) is 18.8. The number of halogens is 1. The topological polar surface area (TPSA) is 82.4 Å². The molecule has 1 amide bonds. The van der Waals surface area contributed by atoms with Crippen LogP contribution < -0.4 is 15.6 Å². The van der Waals surface area contributed by atoms with E-state index in [0.29, 0.717) is 55.9 Å². The number of ether oxygens (including phenoxy) is 1. The monoisotopic (exact) mass is 538 g/mol. The number of benzene rings is 1. The molecule has 2 aliphatic rings. The van der Waals surface area contributed by atoms with E-state index in [9.17, 15) is 9.59 Å². The minimum Gasteiger partial charge on any atom is -0.378 e. The predicted octanol–water partition coefficient (Wildman–Crippen LogP) is 2.40. The van der Waals surface area contributed by atoms with E-state index in [2.05, 4.69) is 34.2 Å². The minimum absolute atomic E-state index is 0.0339. The molecule has 2 saturated heterocycles. The van der Waals surface area contributed by atoms with Gasteiger partial charge in [-0.15, -0.1) is 11.3 Å². The maximum atomic E-state index is 15.3. The number of para-hydroxylation sites is 1. The van der Waals surface area contributed by atoms with Crippen LogP contribution in [0.1, 0.15) is 16.8 Å². The van der Waals surface area contributed by atoms with Gasteiger partial charge in [-0.2, -0.15) is 0 Å². The lowest BCUT2D eigenvalue weighted by atomic mass is 10.1. The van der Waals surface area contributed by atoms with Crippen molar-refractivity contribution in [1.82, 2.24) is 24.5 Å². The fraction of sp³-hybridized carbons (Fsp3) is 0.444. The zero-order valence-corrected chi connectivity index (χ0v) is 22.4. The Morgan fingerprint density at radius 2 is 2.03 bits per heavy atom. The summed E-state index contributed by atoms with van der Waals surface area (Å²) in [6.07, 6.45) is 1.10. The first-order valence-electron chi connectivity index (χ1n) is 13.0. The summed E-state index contributed by atoms with van der Waals surface area (Å²) in [6, 6.07) is 9.45. The van der Waals surface area contributed by atoms with Gasteiger partial charge in [-0.3, -0.25) is 18.9 Å². The van der Waals surface area contributed by atoms with E-state index in [4.69, 9.17) is 4.74 Å². The van der Waals surface area contributed by atoms with Crippen molar-refractivity contribution in [2.24, 2.45) is 0 Å². The first-order valence-corrected chi connectivity index (χ1v) is 13.8. The first-order chi connectivity index (χ1) is 18.4. The number of nitrogens with one attached hydrogen (secondary N) is 1. The van der Waals surface area contributed by atoms with Gasteiger partial charge in [0.1, 0.15) is 10.4 Å². The van der Waals surface area contributed by atoms with E-state index in [1.165, 1.54) is 17.4 Å². The Kier molecular flexibility index (Phi) is 6.77. The largest absolute Gasteiger partial charge is 0.378 e. The van der Waals surface area contributed by atoms with Gasteiger partial charge in [0.2, 0.25) is 5.43 Å². The molecule has 5 heterocycles. The molecule has 38 heavy (non-hydrogen) atoms. The van der Waals surface area contributed by atoms with Gasteiger partial charge in [0, 0.05) is 38.8 Å². The molecule has 3 aromatic heterocycles. The molecule has 4 aromatic rings. The molecule has 0 saturated carbocycles. The summed E-state index contributed by atoms with van der Waals surface area (Å²) in [4.78, 5) is 38.7. The van der Waals surface area contributed by atoms with Crippen LogP contribution in [0, 0.1) is 5.82 Å². The van der Waals surface area contributed by atoms with Crippen LogP contribution in [0.2, 0.25) is 0 Å². The second-order valence-electron chi connectivity index (χ2n) is 10.1. The highest BCUT2D eigenvalue weighted by Gasteiger charge is 2.27. The van der Waals surface area contributed by atoms with Crippen LogP contribution >= 0.6 is 11.3 Å². The van der Waals surface area contributed by atoms with Crippen LogP contribution in [0.15, 0.2) is 35.1 Å². The van der Waals surface area contributed by atoms with Gasteiger partial charge in [0.25, 0.3) is 5.91 Å². The van der Waals surface area contributed by atoms with Crippen LogP contribution in [0.3, 0.4) is 0 Å². The smallest absolute Gasteiger partial charge is 0.258 e. The first kappa shape index (κ1) is 25.2. The molecule has 0 bridgehead atoms. The Hall–Kier alpha value is -3.12. The number of pyridine rings is 2. The number of anilines is 1. The molecular formula is C27H31FN6O3S. The van der Waals surface area contributed by atoms with Crippen molar-refractivity contribution in [2.75, 3.05) is 71.5 Å². The second-order valence-corrected chi connectivity index (χ2v) is 11.2. The van der Waals surface area contributed by atoms with Gasteiger partial charge in [-0.1, -0.05) is 12.1 Å². The Balaban J connectivity index is 1.40. The molecule has 200 valence electrons. The van der Waals surface area contributed by atoms with Crippen molar-refractivity contribution in [1.29, 1.82) is 0 Å². The molecule has 11 heteroatoms. The molecule has 0 spiro atoms. The van der Waals surface area contributed by atoms with Crippen molar-refractivity contribution in [3.8, 4) is 0 Å². The maximum Gasteiger partial charge on any atom is 0.258 e. The third-order valence-corrected chi connectivity index (χ3v) is 8.72. The van der Waals surface area contributed by atoms with Crippen LogP contribution in [-0.4, -0.2) is 97.7 Å². The molecule has 0 radical (unpaired) electrons. The number of likely N-dealkylation sites (tertiary alicyclic amines) is 1. The van der Waals surface area contributed by atoms with E-state index >= 15 is 4.39 Å². The summed E-state index contributed by atoms with van der Waals surface area (Å²) in [6.45, 7) is 5.09. The van der Waals surface area contributed by atoms with Gasteiger partial charge in [0.15, 0.2) is 17.3 Å². The Labute approximate surface area is 223 Å². The van der Waals surface area contributed by atoms with Crippen LogP contribution in [-0.2, 0) is 4.74 Å². The summed E-state index contributed by atoms with van der Waals surface area (Å²) < 4.78 is 23.5. The third kappa shape index (κ3) is 4.43. The lowest BCUT2D eigenvalue weighted by Crippen LogP contribution is -2.38. The van der Waals surface area contributed by atoms with Gasteiger partial charge < -0.3 is 19.9 Å². The van der Waals surface area contributed by atoms with E-state index in [0.717, 1.165) is 29.7 Å². The van der Waals surface area contributed by atoms with Crippen molar-refractivity contribution >= 4 is 49.1 Å². The molecule has 2 fully saturated rings. The number of fused-ring (bicyclic) bond motifs is 5. The average molecular weight is 539 g/mol. The highest BCUT2D eigenvalue weighted by molar-refractivity contribution is 7.24. The van der Waals surface area contributed by atoms with Gasteiger partial charge in [0.05, 0.1) is 28.8 Å². The third-order valence-electron chi connectivity index (χ3n) is 7.58. The standard InChI is InChI=1S/C27H31FN6O3S/c1-31(2)17-7-9-32(16-17)10-8-29-26(36)22-23(35)18-15-19(28)25(33-11-13-37-14-12-33)30-24(18)34-20-5-3-4-6-21(20)38-27(22)34/h3-6,15,17H,7-14,16H2,1-2H3,(H,29,36). The number of morpholine rings is 1. The van der Waals surface area contributed by atoms with Crippen LogP contribution in [0.4, 0.5) is 10.2 Å². The number of amides is 1. The Bertz CT molecular complexity index is 1580. The number of aromatic nitrogens is 2. The molecule has 1 unspecified atom stereocenters. The summed E-state index contributed by atoms with van der Waals surface area (Å²) in [5.74, 6) is -0.822. The predicted molar refractivity (Wildman–Crippen MR) is 148 cm³/mol.